The monoisotopic (exact) mass is 477 g/mol. The fraction of sp³-hybridized carbons (Fsp3) is 0.444. The molecule has 186 valence electrons. The minimum atomic E-state index is -0.171. The van der Waals surface area contributed by atoms with Crippen LogP contribution in [0.5, 0.6) is 0 Å². The molecule has 8 heteroatoms. The quantitative estimate of drug-likeness (QED) is 0.465. The van der Waals surface area contributed by atoms with Crippen molar-refractivity contribution in [2.75, 3.05) is 58.2 Å². The molecule has 0 unspecified atom stereocenters. The molecule has 1 N–H and O–H groups in total. The number of piperazine rings is 1. The summed E-state index contributed by atoms with van der Waals surface area (Å²) >= 11 is 0. The highest BCUT2D eigenvalue weighted by Gasteiger charge is 2.20. The van der Waals surface area contributed by atoms with E-state index in [0.717, 1.165) is 56.8 Å². The maximum atomic E-state index is 12.8. The van der Waals surface area contributed by atoms with Gasteiger partial charge in [0.25, 0.3) is 5.91 Å². The second-order valence-corrected chi connectivity index (χ2v) is 9.24. The number of esters is 1. The third-order valence-electron chi connectivity index (χ3n) is 6.40. The van der Waals surface area contributed by atoms with Crippen LogP contribution in [-0.2, 0) is 22.5 Å². The minimum absolute atomic E-state index is 0.136. The summed E-state index contributed by atoms with van der Waals surface area (Å²) in [6.45, 7) is 8.17. The number of carbonyl (C=O) groups is 2. The molecule has 4 rings (SSSR count). The molecular weight excluding hydrogens is 442 g/mol. The summed E-state index contributed by atoms with van der Waals surface area (Å²) in [5, 5.41) is 9.64. The lowest BCUT2D eigenvalue weighted by atomic mass is 9.99. The molecular formula is C27H35N5O3. The smallest absolute Gasteiger partial charge is 0.320 e. The van der Waals surface area contributed by atoms with Crippen LogP contribution < -0.4 is 5.32 Å². The molecule has 2 heterocycles. The lowest BCUT2D eigenvalue weighted by molar-refractivity contribution is -0.145. The van der Waals surface area contributed by atoms with Crippen molar-refractivity contribution in [2.45, 2.75) is 26.3 Å². The molecule has 1 fully saturated rings. The number of nitrogens with one attached hydrogen (secondary N) is 1. The summed E-state index contributed by atoms with van der Waals surface area (Å²) in [5.74, 6) is -0.306. The number of hydrogen-bond donors (Lipinski definition) is 1. The van der Waals surface area contributed by atoms with Gasteiger partial charge in [-0.25, -0.2) is 0 Å². The van der Waals surface area contributed by atoms with E-state index >= 15 is 0 Å². The first-order valence-corrected chi connectivity index (χ1v) is 12.4. The predicted octanol–water partition coefficient (Wildman–Crippen LogP) is 2.83. The molecule has 2 aromatic carbocycles. The van der Waals surface area contributed by atoms with E-state index in [1.807, 2.05) is 55.6 Å². The van der Waals surface area contributed by atoms with Gasteiger partial charge in [-0.2, -0.15) is 5.10 Å². The van der Waals surface area contributed by atoms with E-state index in [1.54, 1.807) is 0 Å². The average molecular weight is 478 g/mol. The van der Waals surface area contributed by atoms with Crippen LogP contribution in [0.3, 0.4) is 0 Å². The van der Waals surface area contributed by atoms with Crippen molar-refractivity contribution in [2.24, 2.45) is 5.10 Å². The molecule has 0 saturated carbocycles. The Morgan fingerprint density at radius 3 is 2.54 bits per heavy atom. The Hall–Kier alpha value is -3.23. The summed E-state index contributed by atoms with van der Waals surface area (Å²) in [6, 6.07) is 13.5. The number of ether oxygens (including phenoxy) is 1. The molecule has 35 heavy (non-hydrogen) atoms. The maximum absolute atomic E-state index is 12.8. The predicted molar refractivity (Wildman–Crippen MR) is 138 cm³/mol. The van der Waals surface area contributed by atoms with Gasteiger partial charge in [-0.05, 0) is 60.8 Å². The maximum Gasteiger partial charge on any atom is 0.320 e. The highest BCUT2D eigenvalue weighted by molar-refractivity contribution is 6.04. The van der Waals surface area contributed by atoms with Crippen LogP contribution >= 0.6 is 0 Å². The summed E-state index contributed by atoms with van der Waals surface area (Å²) in [5.41, 5.74) is 4.75. The zero-order valence-electron chi connectivity index (χ0n) is 20.7. The SMILES string of the molecule is CCCOC(=O)CN1CCc2cc(NC(=O)c3ccc(C=NN4CCN(C)CC4)cc3)ccc2C1. The van der Waals surface area contributed by atoms with Gasteiger partial charge < -0.3 is 15.0 Å². The van der Waals surface area contributed by atoms with Crippen LogP contribution in [0, 0.1) is 0 Å². The van der Waals surface area contributed by atoms with E-state index in [-0.39, 0.29) is 11.9 Å². The van der Waals surface area contributed by atoms with Gasteiger partial charge in [0.2, 0.25) is 0 Å². The summed E-state index contributed by atoms with van der Waals surface area (Å²) < 4.78 is 5.20. The van der Waals surface area contributed by atoms with Gasteiger partial charge in [0.1, 0.15) is 0 Å². The van der Waals surface area contributed by atoms with Crippen LogP contribution in [0.2, 0.25) is 0 Å². The Labute approximate surface area is 207 Å². The van der Waals surface area contributed by atoms with Crippen molar-refractivity contribution < 1.29 is 14.3 Å². The summed E-state index contributed by atoms with van der Waals surface area (Å²) in [4.78, 5) is 29.1. The summed E-state index contributed by atoms with van der Waals surface area (Å²) in [6.07, 6.45) is 3.52. The lowest BCUT2D eigenvalue weighted by Gasteiger charge is -2.30. The van der Waals surface area contributed by atoms with Gasteiger partial charge in [0.05, 0.1) is 19.4 Å². The average Bonchev–Trinajstić information content (AvgIpc) is 2.87. The second kappa shape index (κ2) is 12.0. The third-order valence-corrected chi connectivity index (χ3v) is 6.40. The number of benzene rings is 2. The van der Waals surface area contributed by atoms with Crippen LogP contribution in [0.4, 0.5) is 5.69 Å². The number of likely N-dealkylation sites (N-methyl/N-ethyl adjacent to an activating group) is 1. The molecule has 0 atom stereocenters. The molecule has 0 radical (unpaired) electrons. The Morgan fingerprint density at radius 1 is 1.03 bits per heavy atom. The van der Waals surface area contributed by atoms with Gasteiger partial charge in [0.15, 0.2) is 0 Å². The second-order valence-electron chi connectivity index (χ2n) is 9.24. The van der Waals surface area contributed by atoms with Crippen LogP contribution in [0.1, 0.15) is 40.4 Å². The molecule has 1 amide bonds. The number of anilines is 1. The van der Waals surface area contributed by atoms with E-state index in [2.05, 4.69) is 32.3 Å². The molecule has 8 nitrogen and oxygen atoms in total. The Bertz CT molecular complexity index is 1050. The van der Waals surface area contributed by atoms with E-state index in [9.17, 15) is 9.59 Å². The Morgan fingerprint density at radius 2 is 1.80 bits per heavy atom. The molecule has 1 saturated heterocycles. The number of rotatable bonds is 8. The van der Waals surface area contributed by atoms with Crippen LogP contribution in [-0.4, -0.2) is 85.8 Å². The summed E-state index contributed by atoms with van der Waals surface area (Å²) in [7, 11) is 2.12. The number of hydrogen-bond acceptors (Lipinski definition) is 7. The van der Waals surface area contributed by atoms with Crippen molar-refractivity contribution in [1.29, 1.82) is 0 Å². The van der Waals surface area contributed by atoms with Gasteiger partial charge in [0, 0.05) is 50.5 Å². The van der Waals surface area contributed by atoms with Crippen molar-refractivity contribution in [3.63, 3.8) is 0 Å². The largest absolute Gasteiger partial charge is 0.465 e. The van der Waals surface area contributed by atoms with Gasteiger partial charge >= 0.3 is 5.97 Å². The fourth-order valence-corrected chi connectivity index (χ4v) is 4.25. The number of nitrogens with zero attached hydrogens (tertiary/aromatic N) is 4. The molecule has 2 aromatic rings. The molecule has 0 bridgehead atoms. The highest BCUT2D eigenvalue weighted by Crippen LogP contribution is 2.23. The highest BCUT2D eigenvalue weighted by atomic mass is 16.5. The van der Waals surface area contributed by atoms with Crippen LogP contribution in [0.15, 0.2) is 47.6 Å². The first-order valence-electron chi connectivity index (χ1n) is 12.4. The number of hydrazone groups is 1. The number of fused-ring (bicyclic) bond motifs is 1. The zero-order chi connectivity index (χ0) is 24.6. The third kappa shape index (κ3) is 7.13. The number of carbonyl (C=O) groups excluding carboxylic acids is 2. The topological polar surface area (TPSA) is 77.5 Å². The van der Waals surface area contributed by atoms with Gasteiger partial charge in [-0.15, -0.1) is 0 Å². The van der Waals surface area contributed by atoms with E-state index < -0.39 is 0 Å². The van der Waals surface area contributed by atoms with Crippen molar-refractivity contribution in [1.82, 2.24) is 14.8 Å². The first-order chi connectivity index (χ1) is 17.0. The van der Waals surface area contributed by atoms with E-state index in [0.29, 0.717) is 25.3 Å². The Kier molecular flexibility index (Phi) is 8.50. The standard InChI is InChI=1S/C27H35N5O3/c1-3-16-35-26(33)20-31-11-10-23-17-25(9-8-24(23)19-31)29-27(34)22-6-4-21(5-7-22)18-28-32-14-12-30(2)13-15-32/h4-9,17-18H,3,10-16,19-20H2,1-2H3,(H,29,34). The van der Waals surface area contributed by atoms with E-state index in [4.69, 9.17) is 4.74 Å². The van der Waals surface area contributed by atoms with Crippen molar-refractivity contribution in [3.8, 4) is 0 Å². The van der Waals surface area contributed by atoms with Crippen molar-refractivity contribution >= 4 is 23.8 Å². The first kappa shape index (κ1) is 24.9. The van der Waals surface area contributed by atoms with Gasteiger partial charge in [-0.3, -0.25) is 19.5 Å². The number of amides is 1. The Balaban J connectivity index is 1.29. The van der Waals surface area contributed by atoms with Crippen molar-refractivity contribution in [3.05, 3.63) is 64.7 Å². The minimum Gasteiger partial charge on any atom is -0.465 e. The normalized spacial score (nSPS) is 16.8. The molecule has 2 aliphatic rings. The van der Waals surface area contributed by atoms with Gasteiger partial charge in [-0.1, -0.05) is 25.1 Å². The molecule has 0 spiro atoms. The fourth-order valence-electron chi connectivity index (χ4n) is 4.25. The van der Waals surface area contributed by atoms with Crippen LogP contribution in [0.25, 0.3) is 0 Å². The lowest BCUT2D eigenvalue weighted by Crippen LogP contribution is -2.41. The van der Waals surface area contributed by atoms with E-state index in [1.165, 1.54) is 11.1 Å². The molecule has 2 aliphatic heterocycles. The molecule has 0 aromatic heterocycles. The zero-order valence-corrected chi connectivity index (χ0v) is 20.7. The molecule has 0 aliphatic carbocycles.